The molecule has 0 saturated heterocycles. The zero-order valence-electron chi connectivity index (χ0n) is 11.9. The second-order valence-corrected chi connectivity index (χ2v) is 4.41. The van der Waals surface area contributed by atoms with Crippen LogP contribution < -0.4 is 11.3 Å². The second kappa shape index (κ2) is 10.3. The van der Waals surface area contributed by atoms with Gasteiger partial charge in [0.15, 0.2) is 0 Å². The minimum atomic E-state index is -0.158. The Balaban J connectivity index is 4.36. The van der Waals surface area contributed by atoms with Crippen LogP contribution in [-0.4, -0.2) is 57.4 Å². The van der Waals surface area contributed by atoms with Gasteiger partial charge < -0.3 is 9.47 Å². The van der Waals surface area contributed by atoms with Crippen molar-refractivity contribution in [2.75, 3.05) is 40.5 Å². The molecule has 6 nitrogen and oxygen atoms in total. The van der Waals surface area contributed by atoms with E-state index in [2.05, 4.69) is 10.3 Å². The number of nitrogens with two attached hydrogens (primary N) is 1. The molecule has 2 unspecified atom stereocenters. The van der Waals surface area contributed by atoms with E-state index in [-0.39, 0.29) is 17.9 Å². The summed E-state index contributed by atoms with van der Waals surface area (Å²) in [5.74, 6) is 4.87. The van der Waals surface area contributed by atoms with Crippen LogP contribution in [0.1, 0.15) is 20.3 Å². The molecule has 0 rings (SSSR count). The largest absolute Gasteiger partial charge is 0.385 e. The van der Waals surface area contributed by atoms with E-state index in [0.29, 0.717) is 13.2 Å². The van der Waals surface area contributed by atoms with Gasteiger partial charge in [-0.1, -0.05) is 6.92 Å². The number of hydrazine groups is 1. The lowest BCUT2D eigenvalue weighted by atomic mass is 10.0. The highest BCUT2D eigenvalue weighted by Crippen LogP contribution is 2.11. The zero-order valence-corrected chi connectivity index (χ0v) is 11.9. The molecule has 108 valence electrons. The molecule has 0 bridgehead atoms. The van der Waals surface area contributed by atoms with E-state index in [1.165, 1.54) is 0 Å². The number of carbonyl (C=O) groups is 1. The van der Waals surface area contributed by atoms with Crippen LogP contribution in [0.4, 0.5) is 0 Å². The number of nitrogens with zero attached hydrogens (tertiary/aromatic N) is 1. The summed E-state index contributed by atoms with van der Waals surface area (Å²) in [5.41, 5.74) is 2.20. The lowest BCUT2D eigenvalue weighted by Gasteiger charge is -2.32. The zero-order chi connectivity index (χ0) is 14.0. The van der Waals surface area contributed by atoms with Crippen molar-refractivity contribution in [1.29, 1.82) is 0 Å². The Morgan fingerprint density at radius 1 is 1.22 bits per heavy atom. The van der Waals surface area contributed by atoms with Gasteiger partial charge in [0.25, 0.3) is 0 Å². The lowest BCUT2D eigenvalue weighted by molar-refractivity contribution is -0.126. The van der Waals surface area contributed by atoms with Crippen LogP contribution in [0.3, 0.4) is 0 Å². The number of carbonyl (C=O) groups excluding carboxylic acids is 1. The van der Waals surface area contributed by atoms with Gasteiger partial charge in [-0.2, -0.15) is 0 Å². The van der Waals surface area contributed by atoms with E-state index in [9.17, 15) is 4.79 Å². The van der Waals surface area contributed by atoms with Crippen molar-refractivity contribution in [2.45, 2.75) is 26.3 Å². The predicted molar refractivity (Wildman–Crippen MR) is 70.9 cm³/mol. The molecule has 3 N–H and O–H groups in total. The number of ether oxygens (including phenoxy) is 2. The maximum absolute atomic E-state index is 11.5. The SMILES string of the molecule is COCCCN(CCOC)C(C)C(C)C(=O)NN. The Bertz CT molecular complexity index is 227. The third-order valence-electron chi connectivity index (χ3n) is 3.23. The van der Waals surface area contributed by atoms with Crippen molar-refractivity contribution in [1.82, 2.24) is 10.3 Å². The maximum Gasteiger partial charge on any atom is 0.238 e. The molecule has 1 amide bonds. The normalized spacial score (nSPS) is 14.6. The quantitative estimate of drug-likeness (QED) is 0.250. The molecular weight excluding hydrogens is 234 g/mol. The Morgan fingerprint density at radius 3 is 2.33 bits per heavy atom. The molecule has 0 aromatic heterocycles. The van der Waals surface area contributed by atoms with E-state index in [1.807, 2.05) is 13.8 Å². The molecule has 0 aliphatic heterocycles. The van der Waals surface area contributed by atoms with E-state index >= 15 is 0 Å². The van der Waals surface area contributed by atoms with Gasteiger partial charge in [-0.05, 0) is 13.3 Å². The number of amides is 1. The van der Waals surface area contributed by atoms with Crippen LogP contribution in [-0.2, 0) is 14.3 Å². The van der Waals surface area contributed by atoms with Gasteiger partial charge in [-0.15, -0.1) is 0 Å². The van der Waals surface area contributed by atoms with Gasteiger partial charge in [0.05, 0.1) is 12.5 Å². The van der Waals surface area contributed by atoms with Crippen molar-refractivity contribution in [3.63, 3.8) is 0 Å². The summed E-state index contributed by atoms with van der Waals surface area (Å²) in [6.45, 7) is 6.94. The molecule has 0 saturated carbocycles. The van der Waals surface area contributed by atoms with Crippen molar-refractivity contribution in [3.8, 4) is 0 Å². The van der Waals surface area contributed by atoms with Crippen molar-refractivity contribution in [3.05, 3.63) is 0 Å². The minimum Gasteiger partial charge on any atom is -0.385 e. The first-order chi connectivity index (χ1) is 8.58. The van der Waals surface area contributed by atoms with Crippen LogP contribution in [0.2, 0.25) is 0 Å². The van der Waals surface area contributed by atoms with Gasteiger partial charge in [0, 0.05) is 40.0 Å². The molecule has 0 aromatic rings. The summed E-state index contributed by atoms with van der Waals surface area (Å²) >= 11 is 0. The van der Waals surface area contributed by atoms with E-state index in [0.717, 1.165) is 19.5 Å². The molecule has 0 fully saturated rings. The Kier molecular flexibility index (Phi) is 9.86. The molecule has 18 heavy (non-hydrogen) atoms. The average molecular weight is 261 g/mol. The van der Waals surface area contributed by atoms with Gasteiger partial charge in [0.2, 0.25) is 5.91 Å². The summed E-state index contributed by atoms with van der Waals surface area (Å²) in [6.07, 6.45) is 0.932. The van der Waals surface area contributed by atoms with E-state index < -0.39 is 0 Å². The van der Waals surface area contributed by atoms with Gasteiger partial charge in [-0.25, -0.2) is 5.84 Å². The molecule has 2 atom stereocenters. The number of rotatable bonds is 10. The lowest BCUT2D eigenvalue weighted by Crippen LogP contribution is -2.47. The third-order valence-corrected chi connectivity index (χ3v) is 3.23. The maximum atomic E-state index is 11.5. The van der Waals surface area contributed by atoms with Gasteiger partial charge in [-0.3, -0.25) is 15.1 Å². The monoisotopic (exact) mass is 261 g/mol. The molecular formula is C12H27N3O3. The summed E-state index contributed by atoms with van der Waals surface area (Å²) in [7, 11) is 3.36. The van der Waals surface area contributed by atoms with Crippen molar-refractivity contribution < 1.29 is 14.3 Å². The van der Waals surface area contributed by atoms with Gasteiger partial charge >= 0.3 is 0 Å². The van der Waals surface area contributed by atoms with Crippen molar-refractivity contribution >= 4 is 5.91 Å². The highest BCUT2D eigenvalue weighted by molar-refractivity contribution is 5.78. The highest BCUT2D eigenvalue weighted by atomic mass is 16.5. The fraction of sp³-hybridized carbons (Fsp3) is 0.917. The second-order valence-electron chi connectivity index (χ2n) is 4.41. The Morgan fingerprint density at radius 2 is 1.83 bits per heavy atom. The van der Waals surface area contributed by atoms with E-state index in [4.69, 9.17) is 15.3 Å². The summed E-state index contributed by atoms with van der Waals surface area (Å²) in [5, 5.41) is 0. The fourth-order valence-corrected chi connectivity index (χ4v) is 1.81. The smallest absolute Gasteiger partial charge is 0.238 e. The molecule has 0 aliphatic carbocycles. The van der Waals surface area contributed by atoms with E-state index in [1.54, 1.807) is 14.2 Å². The van der Waals surface area contributed by atoms with Crippen LogP contribution >= 0.6 is 0 Å². The molecule has 0 heterocycles. The van der Waals surface area contributed by atoms with Crippen LogP contribution in [0, 0.1) is 5.92 Å². The predicted octanol–water partition coefficient (Wildman–Crippen LogP) is -0.0142. The first-order valence-electron chi connectivity index (χ1n) is 6.30. The van der Waals surface area contributed by atoms with Gasteiger partial charge in [0.1, 0.15) is 0 Å². The summed E-state index contributed by atoms with van der Waals surface area (Å²) in [4.78, 5) is 13.8. The third kappa shape index (κ3) is 6.30. The van der Waals surface area contributed by atoms with Crippen LogP contribution in [0.5, 0.6) is 0 Å². The number of hydrogen-bond donors (Lipinski definition) is 2. The standard InChI is InChI=1S/C12H27N3O3/c1-10(12(16)14-13)11(2)15(7-9-18-4)6-5-8-17-3/h10-11H,5-9,13H2,1-4H3,(H,14,16). The molecule has 0 radical (unpaired) electrons. The summed E-state index contributed by atoms with van der Waals surface area (Å²) < 4.78 is 10.1. The number of methoxy groups -OCH3 is 2. The topological polar surface area (TPSA) is 76.8 Å². The Labute approximate surface area is 110 Å². The number of nitrogens with one attached hydrogen (secondary N) is 1. The van der Waals surface area contributed by atoms with Crippen LogP contribution in [0.15, 0.2) is 0 Å². The average Bonchev–Trinajstić information content (AvgIpc) is 2.40. The fourth-order valence-electron chi connectivity index (χ4n) is 1.81. The highest BCUT2D eigenvalue weighted by Gasteiger charge is 2.24. The summed E-state index contributed by atoms with van der Waals surface area (Å²) in [6, 6.07) is 0.112. The first kappa shape index (κ1) is 17.3. The number of hydrogen-bond acceptors (Lipinski definition) is 5. The first-order valence-corrected chi connectivity index (χ1v) is 6.30. The van der Waals surface area contributed by atoms with Crippen molar-refractivity contribution in [2.24, 2.45) is 11.8 Å². The molecule has 6 heteroatoms. The molecule has 0 spiro atoms. The van der Waals surface area contributed by atoms with Crippen LogP contribution in [0.25, 0.3) is 0 Å². The molecule has 0 aromatic carbocycles. The minimum absolute atomic E-state index is 0.112. The molecule has 0 aliphatic rings. The Hall–Kier alpha value is -0.690.